The van der Waals surface area contributed by atoms with Crippen LogP contribution >= 0.6 is 0 Å². The first-order chi connectivity index (χ1) is 12.1. The Hall–Kier alpha value is -2.50. The summed E-state index contributed by atoms with van der Waals surface area (Å²) < 4.78 is 5.68. The van der Waals surface area contributed by atoms with Gasteiger partial charge >= 0.3 is 0 Å². The number of para-hydroxylation sites is 1. The Bertz CT molecular complexity index is 615. The van der Waals surface area contributed by atoms with Crippen molar-refractivity contribution < 1.29 is 9.53 Å². The van der Waals surface area contributed by atoms with Gasteiger partial charge in [0, 0.05) is 38.2 Å². The molecule has 1 atom stereocenters. The molecule has 1 aliphatic heterocycles. The van der Waals surface area contributed by atoms with Crippen LogP contribution in [0.5, 0.6) is 5.75 Å². The summed E-state index contributed by atoms with van der Waals surface area (Å²) in [7, 11) is 1.84. The fourth-order valence-electron chi connectivity index (χ4n) is 2.73. The van der Waals surface area contributed by atoms with E-state index in [0.29, 0.717) is 26.1 Å². The van der Waals surface area contributed by atoms with E-state index in [9.17, 15) is 4.79 Å². The van der Waals surface area contributed by atoms with Crippen LogP contribution in [0.25, 0.3) is 0 Å². The molecule has 1 aliphatic rings. The van der Waals surface area contributed by atoms with E-state index in [1.807, 2.05) is 38.2 Å². The molecule has 0 radical (unpaired) electrons. The Morgan fingerprint density at radius 2 is 2.28 bits per heavy atom. The Labute approximate surface area is 150 Å². The second-order valence-electron chi connectivity index (χ2n) is 6.06. The largest absolute Gasteiger partial charge is 0.489 e. The molecule has 2 rings (SSSR count). The highest BCUT2D eigenvalue weighted by Crippen LogP contribution is 2.19. The number of piperidine rings is 1. The molecular weight excluding hydrogens is 316 g/mol. The third-order valence-corrected chi connectivity index (χ3v) is 4.05. The average molecular weight is 344 g/mol. The van der Waals surface area contributed by atoms with E-state index in [0.717, 1.165) is 30.2 Å². The van der Waals surface area contributed by atoms with Crippen molar-refractivity contribution >= 4 is 11.9 Å². The Kier molecular flexibility index (Phi) is 7.32. The monoisotopic (exact) mass is 344 g/mol. The number of likely N-dealkylation sites (N-methyl/N-ethyl adjacent to an activating group) is 1. The molecule has 25 heavy (non-hydrogen) atoms. The van der Waals surface area contributed by atoms with Crippen LogP contribution in [0.3, 0.4) is 0 Å². The van der Waals surface area contributed by atoms with Gasteiger partial charge in [0.15, 0.2) is 5.96 Å². The molecule has 136 valence electrons. The van der Waals surface area contributed by atoms with Crippen molar-refractivity contribution in [1.29, 1.82) is 0 Å². The summed E-state index contributed by atoms with van der Waals surface area (Å²) in [6.07, 6.45) is 3.13. The number of benzene rings is 1. The normalized spacial score (nSPS) is 18.0. The maximum absolute atomic E-state index is 11.6. The lowest BCUT2D eigenvalue weighted by Gasteiger charge is -2.31. The summed E-state index contributed by atoms with van der Waals surface area (Å²) in [4.78, 5) is 18.1. The Morgan fingerprint density at radius 3 is 3.00 bits per heavy atom. The van der Waals surface area contributed by atoms with Crippen molar-refractivity contribution in [2.75, 3.05) is 26.7 Å². The zero-order chi connectivity index (χ0) is 18.1. The number of guanidine groups is 1. The van der Waals surface area contributed by atoms with Crippen molar-refractivity contribution in [3.05, 3.63) is 42.5 Å². The standard InChI is InChI=1S/C19H28N4O2/c1-4-12-25-17-9-7-6-8-15(17)13-21-19(20-5-2)22-16-10-11-18(24)23(3)14-16/h4,6-9,16H,1,5,10-14H2,2-3H3,(H2,20,21,22). The predicted molar refractivity (Wildman–Crippen MR) is 101 cm³/mol. The average Bonchev–Trinajstić information content (AvgIpc) is 2.62. The Balaban J connectivity index is 2.02. The Morgan fingerprint density at radius 1 is 1.48 bits per heavy atom. The summed E-state index contributed by atoms with van der Waals surface area (Å²) >= 11 is 0. The molecule has 0 saturated carbocycles. The van der Waals surface area contributed by atoms with Gasteiger partial charge in [-0.1, -0.05) is 30.9 Å². The minimum Gasteiger partial charge on any atom is -0.489 e. The number of nitrogens with zero attached hydrogens (tertiary/aromatic N) is 2. The second-order valence-corrected chi connectivity index (χ2v) is 6.06. The van der Waals surface area contributed by atoms with Gasteiger partial charge in [0.2, 0.25) is 5.91 Å². The first-order valence-electron chi connectivity index (χ1n) is 8.74. The zero-order valence-corrected chi connectivity index (χ0v) is 15.1. The number of amides is 1. The molecule has 2 N–H and O–H groups in total. The van der Waals surface area contributed by atoms with Gasteiger partial charge in [0.1, 0.15) is 12.4 Å². The van der Waals surface area contributed by atoms with Crippen molar-refractivity contribution in [2.24, 2.45) is 4.99 Å². The van der Waals surface area contributed by atoms with Crippen LogP contribution in [0.15, 0.2) is 41.9 Å². The van der Waals surface area contributed by atoms with Crippen LogP contribution < -0.4 is 15.4 Å². The third kappa shape index (κ3) is 5.81. The van der Waals surface area contributed by atoms with Crippen molar-refractivity contribution in [2.45, 2.75) is 32.4 Å². The smallest absolute Gasteiger partial charge is 0.222 e. The molecule has 1 fully saturated rings. The van der Waals surface area contributed by atoms with E-state index >= 15 is 0 Å². The van der Waals surface area contributed by atoms with Gasteiger partial charge in [-0.05, 0) is 19.4 Å². The van der Waals surface area contributed by atoms with E-state index in [4.69, 9.17) is 4.74 Å². The summed E-state index contributed by atoms with van der Waals surface area (Å²) in [6, 6.07) is 8.10. The van der Waals surface area contributed by atoms with Gasteiger partial charge in [0.05, 0.1) is 6.54 Å². The topological polar surface area (TPSA) is 66.0 Å². The highest BCUT2D eigenvalue weighted by Gasteiger charge is 2.23. The van der Waals surface area contributed by atoms with E-state index in [-0.39, 0.29) is 11.9 Å². The number of hydrogen-bond acceptors (Lipinski definition) is 3. The number of rotatable bonds is 7. The van der Waals surface area contributed by atoms with E-state index in [1.165, 1.54) is 0 Å². The van der Waals surface area contributed by atoms with Gasteiger partial charge in [-0.25, -0.2) is 4.99 Å². The number of carbonyl (C=O) groups is 1. The number of likely N-dealkylation sites (tertiary alicyclic amines) is 1. The summed E-state index contributed by atoms with van der Waals surface area (Å²) in [6.45, 7) is 8.18. The van der Waals surface area contributed by atoms with E-state index < -0.39 is 0 Å². The van der Waals surface area contributed by atoms with Gasteiger partial charge < -0.3 is 20.3 Å². The van der Waals surface area contributed by atoms with Crippen LogP contribution in [-0.4, -0.2) is 49.6 Å². The number of nitrogens with one attached hydrogen (secondary N) is 2. The zero-order valence-electron chi connectivity index (χ0n) is 15.1. The van der Waals surface area contributed by atoms with Crippen LogP contribution in [0.1, 0.15) is 25.3 Å². The molecule has 6 nitrogen and oxygen atoms in total. The fraction of sp³-hybridized carbons (Fsp3) is 0.474. The first kappa shape index (κ1) is 18.8. The molecule has 0 bridgehead atoms. The number of ether oxygens (including phenoxy) is 1. The SMILES string of the molecule is C=CCOc1ccccc1CN=C(NCC)NC1CCC(=O)N(C)C1. The van der Waals surface area contributed by atoms with Gasteiger partial charge in [0.25, 0.3) is 0 Å². The predicted octanol–water partition coefficient (Wildman–Crippen LogP) is 1.93. The quantitative estimate of drug-likeness (QED) is 0.451. The van der Waals surface area contributed by atoms with Crippen LogP contribution in [0.2, 0.25) is 0 Å². The minimum absolute atomic E-state index is 0.202. The van der Waals surface area contributed by atoms with Gasteiger partial charge in [-0.3, -0.25) is 4.79 Å². The third-order valence-electron chi connectivity index (χ3n) is 4.05. The molecular formula is C19H28N4O2. The summed E-state index contributed by atoms with van der Waals surface area (Å²) in [5.74, 6) is 1.78. The second kappa shape index (κ2) is 9.71. The van der Waals surface area contributed by atoms with Crippen LogP contribution in [-0.2, 0) is 11.3 Å². The summed E-state index contributed by atoms with van der Waals surface area (Å²) in [5, 5.41) is 6.70. The molecule has 1 aromatic carbocycles. The molecule has 0 aliphatic carbocycles. The molecule has 1 heterocycles. The molecule has 0 aromatic heterocycles. The number of hydrogen-bond donors (Lipinski definition) is 2. The first-order valence-corrected chi connectivity index (χ1v) is 8.74. The lowest BCUT2D eigenvalue weighted by Crippen LogP contribution is -2.51. The minimum atomic E-state index is 0.202. The number of aliphatic imine (C=N–C) groups is 1. The molecule has 0 spiro atoms. The summed E-state index contributed by atoms with van der Waals surface area (Å²) in [5.41, 5.74) is 1.03. The molecule has 6 heteroatoms. The molecule has 1 unspecified atom stereocenters. The van der Waals surface area contributed by atoms with Crippen molar-refractivity contribution in [1.82, 2.24) is 15.5 Å². The highest BCUT2D eigenvalue weighted by atomic mass is 16.5. The fourth-order valence-corrected chi connectivity index (χ4v) is 2.73. The lowest BCUT2D eigenvalue weighted by molar-refractivity contribution is -0.132. The maximum atomic E-state index is 11.6. The maximum Gasteiger partial charge on any atom is 0.222 e. The highest BCUT2D eigenvalue weighted by molar-refractivity contribution is 5.81. The van der Waals surface area contributed by atoms with E-state index in [2.05, 4.69) is 22.2 Å². The van der Waals surface area contributed by atoms with E-state index in [1.54, 1.807) is 11.0 Å². The molecule has 1 amide bonds. The number of carbonyl (C=O) groups excluding carboxylic acids is 1. The van der Waals surface area contributed by atoms with Gasteiger partial charge in [-0.15, -0.1) is 0 Å². The van der Waals surface area contributed by atoms with Crippen molar-refractivity contribution in [3.8, 4) is 5.75 Å². The van der Waals surface area contributed by atoms with Crippen LogP contribution in [0.4, 0.5) is 0 Å². The van der Waals surface area contributed by atoms with Crippen LogP contribution in [0, 0.1) is 0 Å². The molecule has 1 saturated heterocycles. The van der Waals surface area contributed by atoms with Crippen molar-refractivity contribution in [3.63, 3.8) is 0 Å². The molecule has 1 aromatic rings. The lowest BCUT2D eigenvalue weighted by atomic mass is 10.1. The van der Waals surface area contributed by atoms with Gasteiger partial charge in [-0.2, -0.15) is 0 Å².